The minimum absolute atomic E-state index is 0.256. The zero-order valence-electron chi connectivity index (χ0n) is 17.8. The topological polar surface area (TPSA) is 36.9 Å². The maximum absolute atomic E-state index is 6.06. The first-order valence-corrected chi connectivity index (χ1v) is 13.1. The minimum Gasteiger partial charge on any atom is -0.414 e. The Kier molecular flexibility index (Phi) is 15.2. The molecule has 5 heteroatoms. The SMILES string of the molecule is CCCCCCCCOCCOCCOCCO[Si](C)(C)C(C)(C)C. The van der Waals surface area contributed by atoms with Crippen molar-refractivity contribution >= 4 is 8.32 Å². The second kappa shape index (κ2) is 15.1. The fourth-order valence-electron chi connectivity index (χ4n) is 2.10. The van der Waals surface area contributed by atoms with Gasteiger partial charge in [0, 0.05) is 6.61 Å². The van der Waals surface area contributed by atoms with Gasteiger partial charge in [-0.15, -0.1) is 0 Å². The summed E-state index contributed by atoms with van der Waals surface area (Å²) in [5.74, 6) is 0. The van der Waals surface area contributed by atoms with E-state index in [1.165, 1.54) is 38.5 Å². The van der Waals surface area contributed by atoms with E-state index in [1.54, 1.807) is 0 Å². The molecule has 0 aromatic heterocycles. The zero-order valence-corrected chi connectivity index (χ0v) is 18.8. The fraction of sp³-hybridized carbons (Fsp3) is 1.00. The Balaban J connectivity index is 3.22. The highest BCUT2D eigenvalue weighted by atomic mass is 28.4. The molecular formula is C20H44O4Si. The standard InChI is InChI=1S/C20H44O4Si/c1-7-8-9-10-11-12-13-21-14-15-22-16-17-23-18-19-24-25(5,6)20(2,3)4/h7-19H2,1-6H3. The molecule has 0 fully saturated rings. The highest BCUT2D eigenvalue weighted by Crippen LogP contribution is 2.36. The Morgan fingerprint density at radius 2 is 1.04 bits per heavy atom. The average molecular weight is 377 g/mol. The lowest BCUT2D eigenvalue weighted by Crippen LogP contribution is -2.41. The van der Waals surface area contributed by atoms with E-state index in [-0.39, 0.29) is 5.04 Å². The van der Waals surface area contributed by atoms with Gasteiger partial charge in [-0.1, -0.05) is 59.8 Å². The molecule has 0 spiro atoms. The van der Waals surface area contributed by atoms with E-state index in [2.05, 4.69) is 40.8 Å². The van der Waals surface area contributed by atoms with Crippen molar-refractivity contribution in [2.45, 2.75) is 84.4 Å². The third-order valence-electron chi connectivity index (χ3n) is 4.88. The van der Waals surface area contributed by atoms with E-state index >= 15 is 0 Å². The Hall–Kier alpha value is 0.0569. The fourth-order valence-corrected chi connectivity index (χ4v) is 3.13. The molecule has 0 atom stereocenters. The maximum Gasteiger partial charge on any atom is 0.192 e. The van der Waals surface area contributed by atoms with Gasteiger partial charge in [-0.2, -0.15) is 0 Å². The lowest BCUT2D eigenvalue weighted by molar-refractivity contribution is 0.00800. The first kappa shape index (κ1) is 25.1. The molecule has 0 unspecified atom stereocenters. The van der Waals surface area contributed by atoms with Crippen LogP contribution in [0.5, 0.6) is 0 Å². The Labute approximate surface area is 158 Å². The summed E-state index contributed by atoms with van der Waals surface area (Å²) in [5, 5.41) is 0.256. The zero-order chi connectivity index (χ0) is 19.0. The van der Waals surface area contributed by atoms with Crippen LogP contribution < -0.4 is 0 Å². The van der Waals surface area contributed by atoms with Crippen LogP contribution in [0.15, 0.2) is 0 Å². The van der Waals surface area contributed by atoms with Crippen molar-refractivity contribution in [1.82, 2.24) is 0 Å². The molecule has 152 valence electrons. The van der Waals surface area contributed by atoms with Gasteiger partial charge >= 0.3 is 0 Å². The summed E-state index contributed by atoms with van der Waals surface area (Å²) in [6, 6.07) is 0. The quantitative estimate of drug-likeness (QED) is 0.251. The predicted molar refractivity (Wildman–Crippen MR) is 109 cm³/mol. The number of rotatable bonds is 17. The van der Waals surface area contributed by atoms with Crippen molar-refractivity contribution in [2.24, 2.45) is 0 Å². The molecule has 0 aromatic carbocycles. The first-order chi connectivity index (χ1) is 11.8. The van der Waals surface area contributed by atoms with Gasteiger partial charge < -0.3 is 18.6 Å². The molecule has 0 aliphatic heterocycles. The molecule has 0 saturated heterocycles. The second-order valence-corrected chi connectivity index (χ2v) is 13.0. The molecule has 25 heavy (non-hydrogen) atoms. The molecule has 0 saturated carbocycles. The maximum atomic E-state index is 6.06. The summed E-state index contributed by atoms with van der Waals surface area (Å²) < 4.78 is 22.7. The van der Waals surface area contributed by atoms with Gasteiger partial charge in [-0.05, 0) is 24.6 Å². The molecule has 0 N–H and O–H groups in total. The highest BCUT2D eigenvalue weighted by molar-refractivity contribution is 6.74. The van der Waals surface area contributed by atoms with Crippen molar-refractivity contribution in [3.05, 3.63) is 0 Å². The monoisotopic (exact) mass is 376 g/mol. The normalized spacial score (nSPS) is 12.7. The van der Waals surface area contributed by atoms with Crippen LogP contribution in [0.4, 0.5) is 0 Å². The first-order valence-electron chi connectivity index (χ1n) is 10.2. The van der Waals surface area contributed by atoms with Crippen LogP contribution in [-0.2, 0) is 18.6 Å². The van der Waals surface area contributed by atoms with Crippen LogP contribution in [0.25, 0.3) is 0 Å². The molecule has 0 radical (unpaired) electrons. The van der Waals surface area contributed by atoms with Gasteiger partial charge in [0.05, 0.1) is 39.6 Å². The molecule has 4 nitrogen and oxygen atoms in total. The Morgan fingerprint density at radius 3 is 1.56 bits per heavy atom. The van der Waals surface area contributed by atoms with E-state index in [4.69, 9.17) is 18.6 Å². The molecule has 0 bridgehead atoms. The van der Waals surface area contributed by atoms with Gasteiger partial charge in [0.15, 0.2) is 8.32 Å². The van der Waals surface area contributed by atoms with Crippen LogP contribution in [0.2, 0.25) is 18.1 Å². The summed E-state index contributed by atoms with van der Waals surface area (Å²) in [6.45, 7) is 18.3. The third-order valence-corrected chi connectivity index (χ3v) is 9.42. The van der Waals surface area contributed by atoms with E-state index in [0.29, 0.717) is 39.6 Å². The molecule has 0 amide bonds. The van der Waals surface area contributed by atoms with Crippen molar-refractivity contribution in [3.63, 3.8) is 0 Å². The third kappa shape index (κ3) is 14.9. The summed E-state index contributed by atoms with van der Waals surface area (Å²) >= 11 is 0. The van der Waals surface area contributed by atoms with Crippen molar-refractivity contribution in [3.8, 4) is 0 Å². The van der Waals surface area contributed by atoms with E-state index in [9.17, 15) is 0 Å². The lowest BCUT2D eigenvalue weighted by atomic mass is 10.1. The number of unbranched alkanes of at least 4 members (excludes halogenated alkanes) is 5. The van der Waals surface area contributed by atoms with Gasteiger partial charge in [-0.3, -0.25) is 0 Å². The minimum atomic E-state index is -1.64. The summed E-state index contributed by atoms with van der Waals surface area (Å²) in [4.78, 5) is 0. The molecule has 0 aromatic rings. The van der Waals surface area contributed by atoms with Gasteiger partial charge in [-0.25, -0.2) is 0 Å². The molecular weight excluding hydrogens is 332 g/mol. The largest absolute Gasteiger partial charge is 0.414 e. The van der Waals surface area contributed by atoms with Crippen LogP contribution >= 0.6 is 0 Å². The smallest absolute Gasteiger partial charge is 0.192 e. The average Bonchev–Trinajstić information content (AvgIpc) is 2.53. The Morgan fingerprint density at radius 1 is 0.600 bits per heavy atom. The molecule has 0 heterocycles. The van der Waals surface area contributed by atoms with Crippen LogP contribution in [-0.4, -0.2) is 54.6 Å². The van der Waals surface area contributed by atoms with E-state index in [0.717, 1.165) is 6.61 Å². The molecule has 0 aliphatic rings. The summed E-state index contributed by atoms with van der Waals surface area (Å²) in [6.07, 6.45) is 7.82. The van der Waals surface area contributed by atoms with Crippen LogP contribution in [0.3, 0.4) is 0 Å². The number of hydrogen-bond donors (Lipinski definition) is 0. The predicted octanol–water partition coefficient (Wildman–Crippen LogP) is 5.42. The molecule has 0 rings (SSSR count). The molecule has 0 aliphatic carbocycles. The van der Waals surface area contributed by atoms with Crippen molar-refractivity contribution in [2.75, 3.05) is 46.2 Å². The lowest BCUT2D eigenvalue weighted by Gasteiger charge is -2.36. The number of ether oxygens (including phenoxy) is 3. The summed E-state index contributed by atoms with van der Waals surface area (Å²) in [5.41, 5.74) is 0. The van der Waals surface area contributed by atoms with Gasteiger partial charge in [0.1, 0.15) is 0 Å². The van der Waals surface area contributed by atoms with Crippen LogP contribution in [0, 0.1) is 0 Å². The van der Waals surface area contributed by atoms with Crippen molar-refractivity contribution < 1.29 is 18.6 Å². The van der Waals surface area contributed by atoms with Crippen LogP contribution in [0.1, 0.15) is 66.2 Å². The Bertz CT molecular complexity index is 290. The number of hydrogen-bond acceptors (Lipinski definition) is 4. The van der Waals surface area contributed by atoms with E-state index in [1.807, 2.05) is 0 Å². The van der Waals surface area contributed by atoms with Gasteiger partial charge in [0.25, 0.3) is 0 Å². The summed E-state index contributed by atoms with van der Waals surface area (Å²) in [7, 11) is -1.64. The van der Waals surface area contributed by atoms with Crippen molar-refractivity contribution in [1.29, 1.82) is 0 Å². The highest BCUT2D eigenvalue weighted by Gasteiger charge is 2.36. The van der Waals surface area contributed by atoms with E-state index < -0.39 is 8.32 Å². The second-order valence-electron chi connectivity index (χ2n) is 8.21. The van der Waals surface area contributed by atoms with Gasteiger partial charge in [0.2, 0.25) is 0 Å².